The number of hydrogen-bond acceptors (Lipinski definition) is 4. The van der Waals surface area contributed by atoms with Crippen LogP contribution in [-0.4, -0.2) is 40.9 Å². The van der Waals surface area contributed by atoms with E-state index in [4.69, 9.17) is 0 Å². The lowest BCUT2D eigenvalue weighted by molar-refractivity contribution is 0.0738. The van der Waals surface area contributed by atoms with Crippen LogP contribution in [-0.2, 0) is 0 Å². The zero-order chi connectivity index (χ0) is 11.3. The van der Waals surface area contributed by atoms with Gasteiger partial charge < -0.3 is 4.90 Å². The van der Waals surface area contributed by atoms with E-state index in [0.29, 0.717) is 11.7 Å². The van der Waals surface area contributed by atoms with Crippen molar-refractivity contribution < 1.29 is 4.79 Å². The van der Waals surface area contributed by atoms with E-state index in [1.54, 1.807) is 27.6 Å². The van der Waals surface area contributed by atoms with Crippen LogP contribution in [0.15, 0.2) is 10.9 Å². The van der Waals surface area contributed by atoms with Gasteiger partial charge in [-0.15, -0.1) is 11.3 Å². The summed E-state index contributed by atoms with van der Waals surface area (Å²) in [5.41, 5.74) is 2.25. The van der Waals surface area contributed by atoms with Crippen molar-refractivity contribution in [2.75, 3.05) is 19.1 Å². The van der Waals surface area contributed by atoms with E-state index in [0.717, 1.165) is 12.2 Å². The van der Waals surface area contributed by atoms with Crippen LogP contribution in [0.3, 0.4) is 0 Å². The third-order valence-electron chi connectivity index (χ3n) is 2.35. The van der Waals surface area contributed by atoms with Crippen LogP contribution in [0.5, 0.6) is 0 Å². The summed E-state index contributed by atoms with van der Waals surface area (Å²) >= 11 is 3.22. The molecule has 0 spiro atoms. The van der Waals surface area contributed by atoms with E-state index in [2.05, 4.69) is 18.2 Å². The summed E-state index contributed by atoms with van der Waals surface area (Å²) in [6, 6.07) is 0.300. The highest BCUT2D eigenvalue weighted by Crippen LogP contribution is 2.12. The Hall–Kier alpha value is -0.550. The van der Waals surface area contributed by atoms with Gasteiger partial charge in [-0.05, 0) is 12.7 Å². The Morgan fingerprint density at radius 1 is 1.73 bits per heavy atom. The molecule has 1 atom stereocenters. The number of hydrogen-bond donors (Lipinski definition) is 0. The topological polar surface area (TPSA) is 33.2 Å². The van der Waals surface area contributed by atoms with Crippen LogP contribution in [0, 0.1) is 0 Å². The first-order valence-electron chi connectivity index (χ1n) is 4.85. The first-order chi connectivity index (χ1) is 7.20. The number of thioether (sulfide) groups is 1. The molecule has 3 nitrogen and oxygen atoms in total. The fourth-order valence-electron chi connectivity index (χ4n) is 1.36. The number of carbonyl (C=O) groups excluding carboxylic acids is 1. The number of aromatic nitrogens is 1. The maximum atomic E-state index is 11.9. The molecule has 15 heavy (non-hydrogen) atoms. The number of thiazole rings is 1. The Balaban J connectivity index is 2.66. The number of carbonyl (C=O) groups is 1. The molecule has 0 aliphatic carbocycles. The van der Waals surface area contributed by atoms with Gasteiger partial charge in [-0.1, -0.05) is 6.92 Å². The second kappa shape index (κ2) is 6.12. The fraction of sp³-hybridized carbons (Fsp3) is 0.600. The fourth-order valence-corrected chi connectivity index (χ4v) is 2.73. The van der Waals surface area contributed by atoms with Crippen LogP contribution in [0.2, 0.25) is 0 Å². The Morgan fingerprint density at radius 3 is 2.93 bits per heavy atom. The molecule has 0 saturated heterocycles. The van der Waals surface area contributed by atoms with Gasteiger partial charge in [-0.3, -0.25) is 4.79 Å². The minimum Gasteiger partial charge on any atom is -0.337 e. The van der Waals surface area contributed by atoms with Crippen LogP contribution in [0.25, 0.3) is 0 Å². The van der Waals surface area contributed by atoms with Crippen LogP contribution >= 0.6 is 23.1 Å². The summed E-state index contributed by atoms with van der Waals surface area (Å²) in [5.74, 6) is 1.00. The molecule has 0 fully saturated rings. The zero-order valence-corrected chi connectivity index (χ0v) is 10.9. The third kappa shape index (κ3) is 3.21. The van der Waals surface area contributed by atoms with Gasteiger partial charge in [-0.25, -0.2) is 4.98 Å². The molecule has 0 saturated carbocycles. The monoisotopic (exact) mass is 244 g/mol. The van der Waals surface area contributed by atoms with Gasteiger partial charge in [0.2, 0.25) is 0 Å². The predicted molar refractivity (Wildman–Crippen MR) is 66.7 cm³/mol. The molecule has 1 aromatic heterocycles. The lowest BCUT2D eigenvalue weighted by atomic mass is 10.2. The minimum absolute atomic E-state index is 0.0251. The van der Waals surface area contributed by atoms with Crippen molar-refractivity contribution in [2.45, 2.75) is 19.4 Å². The third-order valence-corrected chi connectivity index (χ3v) is 3.65. The zero-order valence-electron chi connectivity index (χ0n) is 9.27. The Kier molecular flexibility index (Phi) is 5.11. The maximum absolute atomic E-state index is 11.9. The average Bonchev–Trinajstić information content (AvgIpc) is 2.77. The minimum atomic E-state index is 0.0251. The van der Waals surface area contributed by atoms with Crippen LogP contribution < -0.4 is 0 Å². The molecule has 1 heterocycles. The molecule has 5 heteroatoms. The normalized spacial score (nSPS) is 12.5. The maximum Gasteiger partial charge on any atom is 0.273 e. The van der Waals surface area contributed by atoms with Gasteiger partial charge in [0.1, 0.15) is 5.69 Å². The van der Waals surface area contributed by atoms with Crippen molar-refractivity contribution in [3.05, 3.63) is 16.6 Å². The largest absolute Gasteiger partial charge is 0.337 e. The van der Waals surface area contributed by atoms with Crippen LogP contribution in [0.4, 0.5) is 0 Å². The summed E-state index contributed by atoms with van der Waals surface area (Å²) in [6.07, 6.45) is 3.04. The van der Waals surface area contributed by atoms with Crippen LogP contribution in [0.1, 0.15) is 23.8 Å². The molecule has 1 rings (SSSR count). The van der Waals surface area contributed by atoms with Crippen molar-refractivity contribution in [1.82, 2.24) is 9.88 Å². The Bertz CT molecular complexity index is 300. The highest BCUT2D eigenvalue weighted by Gasteiger charge is 2.20. The Morgan fingerprint density at radius 2 is 2.47 bits per heavy atom. The quantitative estimate of drug-likeness (QED) is 0.797. The van der Waals surface area contributed by atoms with Gasteiger partial charge in [0.15, 0.2) is 0 Å². The van der Waals surface area contributed by atoms with Gasteiger partial charge in [0, 0.05) is 24.2 Å². The van der Waals surface area contributed by atoms with E-state index >= 15 is 0 Å². The molecule has 1 unspecified atom stereocenters. The SMILES string of the molecule is CCC(CSC)N(C)C(=O)c1cscn1. The first-order valence-corrected chi connectivity index (χ1v) is 7.18. The summed E-state index contributed by atoms with van der Waals surface area (Å²) in [5, 5.41) is 1.80. The highest BCUT2D eigenvalue weighted by molar-refractivity contribution is 7.98. The summed E-state index contributed by atoms with van der Waals surface area (Å²) in [4.78, 5) is 17.8. The van der Waals surface area contributed by atoms with Crippen molar-refractivity contribution in [3.63, 3.8) is 0 Å². The van der Waals surface area contributed by atoms with E-state index in [1.165, 1.54) is 11.3 Å². The van der Waals surface area contributed by atoms with Gasteiger partial charge in [0.05, 0.1) is 5.51 Å². The first kappa shape index (κ1) is 12.5. The molecule has 0 aliphatic heterocycles. The van der Waals surface area contributed by atoms with E-state index in [-0.39, 0.29) is 5.91 Å². The Labute approximate surface area is 98.9 Å². The molecule has 0 N–H and O–H groups in total. The van der Waals surface area contributed by atoms with Crippen molar-refractivity contribution in [2.24, 2.45) is 0 Å². The van der Waals surface area contributed by atoms with Crippen molar-refractivity contribution in [1.29, 1.82) is 0 Å². The molecule has 84 valence electrons. The predicted octanol–water partition coefficient (Wildman–Crippen LogP) is 2.36. The van der Waals surface area contributed by atoms with Gasteiger partial charge >= 0.3 is 0 Å². The molecule has 0 bridgehead atoms. The van der Waals surface area contributed by atoms with E-state index < -0.39 is 0 Å². The smallest absolute Gasteiger partial charge is 0.273 e. The molecule has 0 aromatic carbocycles. The molecular formula is C10H16N2OS2. The average molecular weight is 244 g/mol. The van der Waals surface area contributed by atoms with Crippen molar-refractivity contribution >= 4 is 29.0 Å². The van der Waals surface area contributed by atoms with Gasteiger partial charge in [0.25, 0.3) is 5.91 Å². The molecule has 1 aromatic rings. The summed E-state index contributed by atoms with van der Waals surface area (Å²) < 4.78 is 0. The second-order valence-corrected chi connectivity index (χ2v) is 4.94. The van der Waals surface area contributed by atoms with Crippen molar-refractivity contribution in [3.8, 4) is 0 Å². The molecule has 0 radical (unpaired) electrons. The summed E-state index contributed by atoms with van der Waals surface area (Å²) in [7, 11) is 1.85. The molecular weight excluding hydrogens is 228 g/mol. The number of nitrogens with zero attached hydrogens (tertiary/aromatic N) is 2. The molecule has 1 amide bonds. The van der Waals surface area contributed by atoms with E-state index in [1.807, 2.05) is 7.05 Å². The lowest BCUT2D eigenvalue weighted by Crippen LogP contribution is -2.38. The number of amides is 1. The highest BCUT2D eigenvalue weighted by atomic mass is 32.2. The molecule has 0 aliphatic rings. The lowest BCUT2D eigenvalue weighted by Gasteiger charge is -2.25. The second-order valence-electron chi connectivity index (χ2n) is 3.31. The van der Waals surface area contributed by atoms with Gasteiger partial charge in [-0.2, -0.15) is 11.8 Å². The standard InChI is InChI=1S/C10H16N2OS2/c1-4-8(5-14-3)12(2)10(13)9-6-15-7-11-9/h6-8H,4-5H2,1-3H3. The summed E-state index contributed by atoms with van der Waals surface area (Å²) in [6.45, 7) is 2.10. The van der Waals surface area contributed by atoms with E-state index in [9.17, 15) is 4.79 Å². The number of rotatable bonds is 5.